The van der Waals surface area contributed by atoms with E-state index in [0.29, 0.717) is 12.1 Å². The summed E-state index contributed by atoms with van der Waals surface area (Å²) in [6.45, 7) is 9.23. The molecule has 0 aliphatic heterocycles. The highest BCUT2D eigenvalue weighted by molar-refractivity contribution is 6.74. The summed E-state index contributed by atoms with van der Waals surface area (Å²) >= 11 is 0. The van der Waals surface area contributed by atoms with Crippen molar-refractivity contribution in [3.8, 4) is 0 Å². The summed E-state index contributed by atoms with van der Waals surface area (Å²) in [6, 6.07) is 1.86. The molecule has 0 heterocycles. The van der Waals surface area contributed by atoms with Gasteiger partial charge in [-0.25, -0.2) is 0 Å². The van der Waals surface area contributed by atoms with Gasteiger partial charge >= 0.3 is 0 Å². The van der Waals surface area contributed by atoms with E-state index in [0.717, 1.165) is 11.6 Å². The Bertz CT molecular complexity index is 284. The standard InChI is InChI=1S/C17H37N3Si/c1-14(2)18-21(19-15(3)4,17-12-6-5-7-13-17)20-16-10-8-9-11-16/h14-20H,5-13H2,1-4H3. The van der Waals surface area contributed by atoms with Crippen LogP contribution in [0.1, 0.15) is 85.5 Å². The van der Waals surface area contributed by atoms with Gasteiger partial charge in [0.05, 0.1) is 0 Å². The summed E-state index contributed by atoms with van der Waals surface area (Å²) in [7, 11) is -1.84. The van der Waals surface area contributed by atoms with E-state index in [1.54, 1.807) is 0 Å². The second kappa shape index (κ2) is 8.09. The molecule has 0 amide bonds. The highest BCUT2D eigenvalue weighted by Crippen LogP contribution is 2.35. The fourth-order valence-electron chi connectivity index (χ4n) is 4.32. The molecule has 2 saturated carbocycles. The minimum Gasteiger partial charge on any atom is -0.311 e. The predicted octanol–water partition coefficient (Wildman–Crippen LogP) is 3.79. The lowest BCUT2D eigenvalue weighted by Crippen LogP contribution is -2.78. The fourth-order valence-corrected chi connectivity index (χ4v) is 9.30. The van der Waals surface area contributed by atoms with Crippen molar-refractivity contribution >= 4 is 8.56 Å². The first kappa shape index (κ1) is 17.5. The SMILES string of the molecule is CC(C)N[Si](NC(C)C)(NC1CCCC1)C1CCCCC1. The van der Waals surface area contributed by atoms with Gasteiger partial charge in [-0.1, -0.05) is 59.8 Å². The second-order valence-electron chi connectivity index (χ2n) is 7.87. The number of nitrogens with one attached hydrogen (secondary N) is 3. The van der Waals surface area contributed by atoms with E-state index in [9.17, 15) is 0 Å². The zero-order valence-corrected chi connectivity index (χ0v) is 15.7. The Balaban J connectivity index is 2.16. The van der Waals surface area contributed by atoms with E-state index >= 15 is 0 Å². The van der Waals surface area contributed by atoms with Crippen LogP contribution in [-0.2, 0) is 0 Å². The smallest absolute Gasteiger partial charge is 0.285 e. The van der Waals surface area contributed by atoms with Crippen LogP contribution in [-0.4, -0.2) is 26.7 Å². The Kier molecular flexibility index (Phi) is 6.72. The zero-order chi connectivity index (χ0) is 15.3. The summed E-state index contributed by atoms with van der Waals surface area (Å²) in [5, 5.41) is 0. The van der Waals surface area contributed by atoms with Crippen molar-refractivity contribution in [3.05, 3.63) is 0 Å². The Morgan fingerprint density at radius 2 is 1.19 bits per heavy atom. The molecule has 0 spiro atoms. The van der Waals surface area contributed by atoms with Crippen molar-refractivity contribution in [3.63, 3.8) is 0 Å². The first-order valence-electron chi connectivity index (χ1n) is 9.35. The minimum absolute atomic E-state index is 0.554. The molecule has 2 rings (SSSR count). The van der Waals surface area contributed by atoms with Crippen LogP contribution in [0.4, 0.5) is 0 Å². The molecule has 0 radical (unpaired) electrons. The number of hydrogen-bond acceptors (Lipinski definition) is 3. The molecular formula is C17H37N3Si. The molecule has 2 aliphatic carbocycles. The van der Waals surface area contributed by atoms with Crippen LogP contribution in [0.5, 0.6) is 0 Å². The average Bonchev–Trinajstić information content (AvgIpc) is 2.90. The van der Waals surface area contributed by atoms with Crippen LogP contribution in [0.25, 0.3) is 0 Å². The van der Waals surface area contributed by atoms with Crippen LogP contribution in [0.2, 0.25) is 5.54 Å². The maximum absolute atomic E-state index is 4.18. The van der Waals surface area contributed by atoms with Crippen molar-refractivity contribution in [1.29, 1.82) is 0 Å². The molecule has 0 aromatic carbocycles. The molecule has 0 aromatic heterocycles. The molecule has 3 N–H and O–H groups in total. The molecule has 0 bridgehead atoms. The van der Waals surface area contributed by atoms with Gasteiger partial charge < -0.3 is 14.9 Å². The Labute approximate surface area is 133 Å². The topological polar surface area (TPSA) is 36.1 Å². The maximum atomic E-state index is 4.18. The van der Waals surface area contributed by atoms with Gasteiger partial charge in [-0.05, 0) is 43.3 Å². The molecule has 2 fully saturated rings. The Hall–Kier alpha value is 0.0969. The molecule has 124 valence electrons. The largest absolute Gasteiger partial charge is 0.311 e. The van der Waals surface area contributed by atoms with E-state index in [1.807, 2.05) is 0 Å². The predicted molar refractivity (Wildman–Crippen MR) is 94.5 cm³/mol. The van der Waals surface area contributed by atoms with Crippen LogP contribution in [0, 0.1) is 0 Å². The zero-order valence-electron chi connectivity index (χ0n) is 14.7. The van der Waals surface area contributed by atoms with Crippen molar-refractivity contribution < 1.29 is 0 Å². The van der Waals surface area contributed by atoms with Gasteiger partial charge in [0.2, 0.25) is 0 Å². The molecule has 21 heavy (non-hydrogen) atoms. The van der Waals surface area contributed by atoms with Crippen LogP contribution >= 0.6 is 0 Å². The summed E-state index contributed by atoms with van der Waals surface area (Å²) < 4.78 is 0. The van der Waals surface area contributed by atoms with Crippen molar-refractivity contribution in [2.75, 3.05) is 0 Å². The second-order valence-corrected chi connectivity index (χ2v) is 11.2. The van der Waals surface area contributed by atoms with Gasteiger partial charge in [0, 0.05) is 6.04 Å². The third-order valence-corrected chi connectivity index (χ3v) is 9.77. The van der Waals surface area contributed by atoms with Gasteiger partial charge in [0.1, 0.15) is 0 Å². The Morgan fingerprint density at radius 3 is 1.67 bits per heavy atom. The normalized spacial score (nSPS) is 22.6. The summed E-state index contributed by atoms with van der Waals surface area (Å²) in [5.41, 5.74) is 0.844. The van der Waals surface area contributed by atoms with Gasteiger partial charge in [0.25, 0.3) is 8.56 Å². The van der Waals surface area contributed by atoms with Gasteiger partial charge in [-0.2, -0.15) is 0 Å². The number of hydrogen-bond donors (Lipinski definition) is 3. The van der Waals surface area contributed by atoms with Crippen LogP contribution in [0.15, 0.2) is 0 Å². The molecular weight excluding hydrogens is 274 g/mol. The molecule has 0 aromatic rings. The quantitative estimate of drug-likeness (QED) is 0.626. The van der Waals surface area contributed by atoms with Crippen LogP contribution in [0.3, 0.4) is 0 Å². The van der Waals surface area contributed by atoms with E-state index in [1.165, 1.54) is 57.8 Å². The first-order valence-corrected chi connectivity index (χ1v) is 11.4. The van der Waals surface area contributed by atoms with E-state index in [-0.39, 0.29) is 0 Å². The number of rotatable bonds is 7. The lowest BCUT2D eigenvalue weighted by Gasteiger charge is -2.45. The summed E-state index contributed by atoms with van der Waals surface area (Å²) in [6.07, 6.45) is 12.7. The molecule has 0 unspecified atom stereocenters. The van der Waals surface area contributed by atoms with E-state index < -0.39 is 8.56 Å². The van der Waals surface area contributed by atoms with Gasteiger partial charge in [-0.3, -0.25) is 0 Å². The molecule has 2 aliphatic rings. The minimum atomic E-state index is -1.84. The molecule has 4 heteroatoms. The van der Waals surface area contributed by atoms with E-state index in [2.05, 4.69) is 42.6 Å². The fraction of sp³-hybridized carbons (Fsp3) is 1.00. The maximum Gasteiger partial charge on any atom is 0.285 e. The third-order valence-electron chi connectivity index (χ3n) is 5.04. The Morgan fingerprint density at radius 1 is 0.714 bits per heavy atom. The molecule has 3 nitrogen and oxygen atoms in total. The van der Waals surface area contributed by atoms with Gasteiger partial charge in [-0.15, -0.1) is 0 Å². The first-order chi connectivity index (χ1) is 10.0. The third kappa shape index (κ3) is 5.05. The van der Waals surface area contributed by atoms with E-state index in [4.69, 9.17) is 0 Å². The summed E-state index contributed by atoms with van der Waals surface area (Å²) in [5.74, 6) is 0. The lowest BCUT2D eigenvalue weighted by atomic mass is 10.0. The van der Waals surface area contributed by atoms with Crippen molar-refractivity contribution in [2.24, 2.45) is 0 Å². The van der Waals surface area contributed by atoms with Crippen molar-refractivity contribution in [2.45, 2.75) is 109 Å². The lowest BCUT2D eigenvalue weighted by molar-refractivity contribution is 0.447. The molecule has 0 saturated heterocycles. The average molecular weight is 312 g/mol. The highest BCUT2D eigenvalue weighted by atomic mass is 28.4. The van der Waals surface area contributed by atoms with Crippen LogP contribution < -0.4 is 14.9 Å². The molecule has 0 atom stereocenters. The monoisotopic (exact) mass is 311 g/mol. The summed E-state index contributed by atoms with van der Waals surface area (Å²) in [4.78, 5) is 12.3. The highest BCUT2D eigenvalue weighted by Gasteiger charge is 2.45. The van der Waals surface area contributed by atoms with Gasteiger partial charge in [0.15, 0.2) is 0 Å². The van der Waals surface area contributed by atoms with Crippen molar-refractivity contribution in [1.82, 2.24) is 14.9 Å².